The quantitative estimate of drug-likeness (QED) is 0.867. The molecule has 1 aliphatic heterocycles. The van der Waals surface area contributed by atoms with Crippen molar-refractivity contribution >= 4 is 5.91 Å². The van der Waals surface area contributed by atoms with Gasteiger partial charge in [0.1, 0.15) is 6.10 Å². The lowest BCUT2D eigenvalue weighted by molar-refractivity contribution is 0.0525. The summed E-state index contributed by atoms with van der Waals surface area (Å²) in [6, 6.07) is 6.71. The Morgan fingerprint density at radius 2 is 2.04 bits per heavy atom. The molecule has 1 aliphatic rings. The van der Waals surface area contributed by atoms with E-state index < -0.39 is 11.6 Å². The van der Waals surface area contributed by atoms with Crippen molar-refractivity contribution in [1.29, 1.82) is 0 Å². The van der Waals surface area contributed by atoms with Crippen LogP contribution in [0.1, 0.15) is 28.9 Å². The number of ether oxygens (including phenoxy) is 1. The van der Waals surface area contributed by atoms with Crippen LogP contribution >= 0.6 is 0 Å². The number of rotatable bonds is 3. The lowest BCUT2D eigenvalue weighted by Crippen LogP contribution is -2.44. The molecule has 1 fully saturated rings. The number of piperidine rings is 1. The summed E-state index contributed by atoms with van der Waals surface area (Å²) in [5.41, 5.74) is 0.922. The minimum Gasteiger partial charge on any atom is -0.471 e. The molecular weight excluding hydrogens is 316 g/mol. The van der Waals surface area contributed by atoms with E-state index in [4.69, 9.17) is 4.74 Å². The summed E-state index contributed by atoms with van der Waals surface area (Å²) in [4.78, 5) is 14.0. The van der Waals surface area contributed by atoms with E-state index in [2.05, 4.69) is 10.2 Å². The Morgan fingerprint density at radius 1 is 1.21 bits per heavy atom. The summed E-state index contributed by atoms with van der Waals surface area (Å²) in [5, 5.41) is 7.89. The van der Waals surface area contributed by atoms with Gasteiger partial charge in [0.25, 0.3) is 5.91 Å². The summed E-state index contributed by atoms with van der Waals surface area (Å²) in [5.74, 6) is -1.92. The Balaban J connectivity index is 1.67. The van der Waals surface area contributed by atoms with Crippen molar-refractivity contribution < 1.29 is 18.3 Å². The zero-order chi connectivity index (χ0) is 17.1. The zero-order valence-corrected chi connectivity index (χ0v) is 13.2. The van der Waals surface area contributed by atoms with Gasteiger partial charge in [-0.25, -0.2) is 8.78 Å². The highest BCUT2D eigenvalue weighted by atomic mass is 19.2. The fourth-order valence-corrected chi connectivity index (χ4v) is 2.65. The molecule has 7 heteroatoms. The van der Waals surface area contributed by atoms with Crippen molar-refractivity contribution in [3.8, 4) is 5.88 Å². The average Bonchev–Trinajstić information content (AvgIpc) is 2.59. The topological polar surface area (TPSA) is 55.3 Å². The normalized spacial score (nSPS) is 17.6. The SMILES string of the molecule is Cc1ccc(OC2CCCN(C(=O)c3ccc(F)c(F)c3)C2)nn1. The molecule has 24 heavy (non-hydrogen) atoms. The Morgan fingerprint density at radius 3 is 2.75 bits per heavy atom. The average molecular weight is 333 g/mol. The van der Waals surface area contributed by atoms with Crippen molar-refractivity contribution in [2.75, 3.05) is 13.1 Å². The maximum absolute atomic E-state index is 13.3. The number of halogens is 2. The van der Waals surface area contributed by atoms with Gasteiger partial charge in [-0.15, -0.1) is 5.10 Å². The van der Waals surface area contributed by atoms with Gasteiger partial charge in [-0.1, -0.05) is 0 Å². The molecule has 1 saturated heterocycles. The molecule has 0 saturated carbocycles. The summed E-state index contributed by atoms with van der Waals surface area (Å²) in [6.45, 7) is 2.75. The molecule has 126 valence electrons. The van der Waals surface area contributed by atoms with Gasteiger partial charge in [0, 0.05) is 18.2 Å². The van der Waals surface area contributed by atoms with E-state index in [-0.39, 0.29) is 17.6 Å². The molecule has 1 aromatic carbocycles. The molecule has 1 atom stereocenters. The largest absolute Gasteiger partial charge is 0.471 e. The van der Waals surface area contributed by atoms with Crippen LogP contribution in [0.5, 0.6) is 5.88 Å². The minimum absolute atomic E-state index is 0.129. The number of aryl methyl sites for hydroxylation is 1. The third-order valence-corrected chi connectivity index (χ3v) is 3.89. The Bertz CT molecular complexity index is 737. The molecule has 1 unspecified atom stereocenters. The Labute approximate surface area is 138 Å². The molecule has 0 bridgehead atoms. The molecule has 3 rings (SSSR count). The number of amides is 1. The van der Waals surface area contributed by atoms with Gasteiger partial charge in [-0.05, 0) is 44.0 Å². The number of benzene rings is 1. The minimum atomic E-state index is -1.03. The molecule has 0 spiro atoms. The summed E-state index contributed by atoms with van der Waals surface area (Å²) >= 11 is 0. The summed E-state index contributed by atoms with van der Waals surface area (Å²) < 4.78 is 32.1. The third kappa shape index (κ3) is 3.67. The first-order valence-electron chi connectivity index (χ1n) is 7.74. The second-order valence-electron chi connectivity index (χ2n) is 5.78. The van der Waals surface area contributed by atoms with Gasteiger partial charge in [0.05, 0.1) is 12.2 Å². The van der Waals surface area contributed by atoms with Crippen LogP contribution in [0.4, 0.5) is 8.78 Å². The lowest BCUT2D eigenvalue weighted by atomic mass is 10.1. The first-order valence-corrected chi connectivity index (χ1v) is 7.74. The highest BCUT2D eigenvalue weighted by Crippen LogP contribution is 2.19. The maximum atomic E-state index is 13.3. The molecule has 5 nitrogen and oxygen atoms in total. The lowest BCUT2D eigenvalue weighted by Gasteiger charge is -2.32. The van der Waals surface area contributed by atoms with Crippen molar-refractivity contribution in [1.82, 2.24) is 15.1 Å². The molecule has 2 heterocycles. The third-order valence-electron chi connectivity index (χ3n) is 3.89. The molecule has 0 radical (unpaired) electrons. The van der Waals surface area contributed by atoms with Crippen LogP contribution in [0.25, 0.3) is 0 Å². The van der Waals surface area contributed by atoms with Gasteiger partial charge < -0.3 is 9.64 Å². The van der Waals surface area contributed by atoms with Crippen LogP contribution in [-0.2, 0) is 0 Å². The van der Waals surface area contributed by atoms with E-state index in [1.165, 1.54) is 6.07 Å². The number of likely N-dealkylation sites (tertiary alicyclic amines) is 1. The molecule has 2 aromatic rings. The predicted octanol–water partition coefficient (Wildman–Crippen LogP) is 2.75. The van der Waals surface area contributed by atoms with Crippen molar-refractivity contribution in [3.05, 3.63) is 53.2 Å². The van der Waals surface area contributed by atoms with E-state index in [0.29, 0.717) is 19.0 Å². The maximum Gasteiger partial charge on any atom is 0.254 e. The number of hydrogen-bond donors (Lipinski definition) is 0. The number of aromatic nitrogens is 2. The summed E-state index contributed by atoms with van der Waals surface area (Å²) in [7, 11) is 0. The Hall–Kier alpha value is -2.57. The van der Waals surface area contributed by atoms with Gasteiger partial charge >= 0.3 is 0 Å². The van der Waals surface area contributed by atoms with Gasteiger partial charge in [0.15, 0.2) is 11.6 Å². The van der Waals surface area contributed by atoms with E-state index in [9.17, 15) is 13.6 Å². The highest BCUT2D eigenvalue weighted by Gasteiger charge is 2.26. The molecule has 0 aliphatic carbocycles. The second-order valence-corrected chi connectivity index (χ2v) is 5.78. The van der Waals surface area contributed by atoms with Crippen LogP contribution in [0.15, 0.2) is 30.3 Å². The van der Waals surface area contributed by atoms with Crippen LogP contribution in [0, 0.1) is 18.6 Å². The molecule has 0 N–H and O–H groups in total. The molecular formula is C17H17F2N3O2. The van der Waals surface area contributed by atoms with Crippen LogP contribution in [0.3, 0.4) is 0 Å². The van der Waals surface area contributed by atoms with E-state index in [1.807, 2.05) is 6.92 Å². The monoisotopic (exact) mass is 333 g/mol. The van der Waals surface area contributed by atoms with E-state index in [0.717, 1.165) is 30.7 Å². The highest BCUT2D eigenvalue weighted by molar-refractivity contribution is 5.94. The number of carbonyl (C=O) groups excluding carboxylic acids is 1. The second kappa shape index (κ2) is 6.90. The molecule has 1 amide bonds. The van der Waals surface area contributed by atoms with Crippen LogP contribution in [0.2, 0.25) is 0 Å². The number of carbonyl (C=O) groups is 1. The van der Waals surface area contributed by atoms with Gasteiger partial charge in [-0.3, -0.25) is 4.79 Å². The Kier molecular flexibility index (Phi) is 4.69. The van der Waals surface area contributed by atoms with E-state index >= 15 is 0 Å². The van der Waals surface area contributed by atoms with Crippen molar-refractivity contribution in [3.63, 3.8) is 0 Å². The van der Waals surface area contributed by atoms with Crippen LogP contribution < -0.4 is 4.74 Å². The standard InChI is InChI=1S/C17H17F2N3O2/c1-11-4-7-16(21-20-11)24-13-3-2-8-22(10-13)17(23)12-5-6-14(18)15(19)9-12/h4-7,9,13H,2-3,8,10H2,1H3. The van der Waals surface area contributed by atoms with Crippen molar-refractivity contribution in [2.24, 2.45) is 0 Å². The van der Waals surface area contributed by atoms with Crippen LogP contribution in [-0.4, -0.2) is 40.2 Å². The van der Waals surface area contributed by atoms with Crippen molar-refractivity contribution in [2.45, 2.75) is 25.9 Å². The zero-order valence-electron chi connectivity index (χ0n) is 13.2. The smallest absolute Gasteiger partial charge is 0.254 e. The number of nitrogens with zero attached hydrogens (tertiary/aromatic N) is 3. The first-order chi connectivity index (χ1) is 11.5. The fraction of sp³-hybridized carbons (Fsp3) is 0.353. The summed E-state index contributed by atoms with van der Waals surface area (Å²) in [6.07, 6.45) is 1.35. The van der Waals surface area contributed by atoms with Gasteiger partial charge in [0.2, 0.25) is 5.88 Å². The number of hydrogen-bond acceptors (Lipinski definition) is 4. The predicted molar refractivity (Wildman–Crippen MR) is 82.7 cm³/mol. The fourth-order valence-electron chi connectivity index (χ4n) is 2.65. The molecule has 1 aromatic heterocycles. The van der Waals surface area contributed by atoms with Gasteiger partial charge in [-0.2, -0.15) is 5.10 Å². The van der Waals surface area contributed by atoms with E-state index in [1.54, 1.807) is 17.0 Å². The first kappa shape index (κ1) is 16.3.